The molecule has 1 aliphatic rings. The van der Waals surface area contributed by atoms with Crippen LogP contribution in [0.4, 0.5) is 0 Å². The van der Waals surface area contributed by atoms with Crippen LogP contribution in [-0.2, 0) is 25.5 Å². The molecule has 1 aromatic rings. The van der Waals surface area contributed by atoms with Gasteiger partial charge in [-0.1, -0.05) is 12.1 Å². The van der Waals surface area contributed by atoms with Gasteiger partial charge in [-0.3, -0.25) is 19.7 Å². The Labute approximate surface area is 140 Å². The molecule has 1 aromatic carbocycles. The maximum Gasteiger partial charge on any atom is 0.338 e. The van der Waals surface area contributed by atoms with Crippen LogP contribution in [0.3, 0.4) is 0 Å². The molecule has 0 aliphatic carbocycles. The highest BCUT2D eigenvalue weighted by Gasteiger charge is 2.30. The van der Waals surface area contributed by atoms with Crippen LogP contribution in [-0.4, -0.2) is 48.8 Å². The molecule has 0 aromatic heterocycles. The molecule has 0 saturated carbocycles. The zero-order valence-electron chi connectivity index (χ0n) is 13.9. The first-order valence-corrected chi connectivity index (χ1v) is 7.62. The predicted molar refractivity (Wildman–Crippen MR) is 85.0 cm³/mol. The number of nitrogens with one attached hydrogen (secondary N) is 1. The molecule has 1 N–H and O–H groups in total. The van der Waals surface area contributed by atoms with E-state index in [0.717, 1.165) is 5.56 Å². The maximum atomic E-state index is 12.0. The summed E-state index contributed by atoms with van der Waals surface area (Å²) in [6, 6.07) is 6.59. The third kappa shape index (κ3) is 4.18. The van der Waals surface area contributed by atoms with Crippen LogP contribution in [0.1, 0.15) is 29.3 Å². The van der Waals surface area contributed by atoms with Crippen molar-refractivity contribution >= 4 is 23.7 Å². The first-order valence-electron chi connectivity index (χ1n) is 7.62. The lowest BCUT2D eigenvalue weighted by Gasteiger charge is -2.17. The summed E-state index contributed by atoms with van der Waals surface area (Å²) in [6.07, 6.45) is -0.241. The van der Waals surface area contributed by atoms with E-state index in [-0.39, 0.29) is 30.1 Å². The molecule has 1 heterocycles. The molecule has 0 bridgehead atoms. The third-order valence-electron chi connectivity index (χ3n) is 3.81. The SMILES string of the molecule is C[C@@H](OC(=O)c1ccc(C[C@H]2CC(=O)NC2=O)cc1)C(=O)N(C)C. The van der Waals surface area contributed by atoms with Gasteiger partial charge in [-0.2, -0.15) is 0 Å². The summed E-state index contributed by atoms with van der Waals surface area (Å²) >= 11 is 0. The molecule has 128 valence electrons. The molecule has 0 unspecified atom stereocenters. The van der Waals surface area contributed by atoms with Gasteiger partial charge in [-0.25, -0.2) is 4.79 Å². The molecule has 2 atom stereocenters. The Morgan fingerprint density at radius 2 is 1.88 bits per heavy atom. The van der Waals surface area contributed by atoms with Crippen molar-refractivity contribution in [3.8, 4) is 0 Å². The van der Waals surface area contributed by atoms with Gasteiger partial charge in [-0.15, -0.1) is 0 Å². The van der Waals surface area contributed by atoms with Gasteiger partial charge in [-0.05, 0) is 31.0 Å². The standard InChI is InChI=1S/C17H20N2O5/c1-10(16(22)19(2)3)24-17(23)12-6-4-11(5-7-12)8-13-9-14(20)18-15(13)21/h4-7,10,13H,8-9H2,1-3H3,(H,18,20,21)/t10-,13+/m1/s1. The number of likely N-dealkylation sites (N-methyl/N-ethyl adjacent to an activating group) is 1. The van der Waals surface area contributed by atoms with Crippen molar-refractivity contribution in [2.24, 2.45) is 5.92 Å². The van der Waals surface area contributed by atoms with Gasteiger partial charge in [0.05, 0.1) is 11.5 Å². The van der Waals surface area contributed by atoms with Gasteiger partial charge in [0.1, 0.15) is 0 Å². The zero-order chi connectivity index (χ0) is 17.9. The van der Waals surface area contributed by atoms with E-state index in [1.807, 2.05) is 0 Å². The van der Waals surface area contributed by atoms with Crippen LogP contribution >= 0.6 is 0 Å². The summed E-state index contributed by atoms with van der Waals surface area (Å²) < 4.78 is 5.13. The minimum absolute atomic E-state index is 0.187. The number of nitrogens with zero attached hydrogens (tertiary/aromatic N) is 1. The molecule has 7 nitrogen and oxygen atoms in total. The summed E-state index contributed by atoms with van der Waals surface area (Å²) in [5.41, 5.74) is 1.17. The zero-order valence-corrected chi connectivity index (χ0v) is 13.9. The van der Waals surface area contributed by atoms with E-state index in [2.05, 4.69) is 5.32 Å². The van der Waals surface area contributed by atoms with Crippen LogP contribution in [0.5, 0.6) is 0 Å². The van der Waals surface area contributed by atoms with E-state index in [1.165, 1.54) is 11.8 Å². The number of amides is 3. The first kappa shape index (κ1) is 17.7. The molecule has 1 fully saturated rings. The summed E-state index contributed by atoms with van der Waals surface area (Å²) in [4.78, 5) is 47.8. The number of hydrogen-bond acceptors (Lipinski definition) is 5. The fraction of sp³-hybridized carbons (Fsp3) is 0.412. The number of rotatable bonds is 5. The molecule has 1 saturated heterocycles. The molecule has 3 amide bonds. The van der Waals surface area contributed by atoms with Crippen molar-refractivity contribution in [2.45, 2.75) is 25.9 Å². The average Bonchev–Trinajstić information content (AvgIpc) is 2.84. The van der Waals surface area contributed by atoms with Gasteiger partial charge in [0.25, 0.3) is 5.91 Å². The van der Waals surface area contributed by atoms with Crippen LogP contribution in [0.2, 0.25) is 0 Å². The van der Waals surface area contributed by atoms with Crippen LogP contribution in [0, 0.1) is 5.92 Å². The Balaban J connectivity index is 1.96. The normalized spacial score (nSPS) is 18.0. The summed E-state index contributed by atoms with van der Waals surface area (Å²) in [5.74, 6) is -1.77. The fourth-order valence-electron chi connectivity index (χ4n) is 2.48. The number of carbonyl (C=O) groups excluding carboxylic acids is 4. The lowest BCUT2D eigenvalue weighted by atomic mass is 9.97. The minimum Gasteiger partial charge on any atom is -0.449 e. The van der Waals surface area contributed by atoms with Gasteiger partial charge in [0.2, 0.25) is 11.8 Å². The summed E-state index contributed by atoms with van der Waals surface area (Å²) in [6.45, 7) is 1.52. The van der Waals surface area contributed by atoms with Gasteiger partial charge < -0.3 is 9.64 Å². The van der Waals surface area contributed by atoms with Crippen molar-refractivity contribution in [3.05, 3.63) is 35.4 Å². The molecule has 0 radical (unpaired) electrons. The number of benzene rings is 1. The summed E-state index contributed by atoms with van der Waals surface area (Å²) in [7, 11) is 3.18. The number of ether oxygens (including phenoxy) is 1. The monoisotopic (exact) mass is 332 g/mol. The van der Waals surface area contributed by atoms with Crippen molar-refractivity contribution in [2.75, 3.05) is 14.1 Å². The highest BCUT2D eigenvalue weighted by molar-refractivity contribution is 6.03. The minimum atomic E-state index is -0.861. The molecule has 0 spiro atoms. The second-order valence-electron chi connectivity index (χ2n) is 5.99. The van der Waals surface area contributed by atoms with Crippen LogP contribution in [0.25, 0.3) is 0 Å². The van der Waals surface area contributed by atoms with Crippen molar-refractivity contribution in [3.63, 3.8) is 0 Å². The quantitative estimate of drug-likeness (QED) is 0.627. The Kier molecular flexibility index (Phi) is 5.33. The molecule has 2 rings (SSSR count). The highest BCUT2D eigenvalue weighted by Crippen LogP contribution is 2.18. The Hall–Kier alpha value is -2.70. The summed E-state index contributed by atoms with van der Waals surface area (Å²) in [5, 5.41) is 2.27. The van der Waals surface area contributed by atoms with Crippen LogP contribution in [0.15, 0.2) is 24.3 Å². The molecule has 24 heavy (non-hydrogen) atoms. The largest absolute Gasteiger partial charge is 0.449 e. The number of hydrogen-bond donors (Lipinski definition) is 1. The van der Waals surface area contributed by atoms with E-state index in [9.17, 15) is 19.2 Å². The number of esters is 1. The number of imide groups is 1. The number of carbonyl (C=O) groups is 4. The second kappa shape index (κ2) is 7.25. The topological polar surface area (TPSA) is 92.8 Å². The van der Waals surface area contributed by atoms with Gasteiger partial charge >= 0.3 is 5.97 Å². The van der Waals surface area contributed by atoms with Crippen molar-refractivity contribution < 1.29 is 23.9 Å². The smallest absolute Gasteiger partial charge is 0.338 e. The highest BCUT2D eigenvalue weighted by atomic mass is 16.5. The fourth-order valence-corrected chi connectivity index (χ4v) is 2.48. The van der Waals surface area contributed by atoms with E-state index in [4.69, 9.17) is 4.74 Å². The molecule has 1 aliphatic heterocycles. The Morgan fingerprint density at radius 1 is 1.25 bits per heavy atom. The lowest BCUT2D eigenvalue weighted by molar-refractivity contribution is -0.137. The van der Waals surface area contributed by atoms with Crippen molar-refractivity contribution in [1.82, 2.24) is 10.2 Å². The third-order valence-corrected chi connectivity index (χ3v) is 3.81. The van der Waals surface area contributed by atoms with E-state index in [1.54, 1.807) is 38.4 Å². The van der Waals surface area contributed by atoms with E-state index >= 15 is 0 Å². The molecule has 7 heteroatoms. The van der Waals surface area contributed by atoms with E-state index < -0.39 is 12.1 Å². The van der Waals surface area contributed by atoms with Gasteiger partial charge in [0, 0.05) is 20.5 Å². The maximum absolute atomic E-state index is 12.0. The first-order chi connectivity index (χ1) is 11.3. The Bertz CT molecular complexity index is 666. The second-order valence-corrected chi connectivity index (χ2v) is 5.99. The predicted octanol–water partition coefficient (Wildman–Crippen LogP) is 0.525. The van der Waals surface area contributed by atoms with Gasteiger partial charge in [0.15, 0.2) is 6.10 Å². The molecular formula is C17H20N2O5. The van der Waals surface area contributed by atoms with Crippen LogP contribution < -0.4 is 5.32 Å². The molecular weight excluding hydrogens is 312 g/mol. The Morgan fingerprint density at radius 3 is 2.38 bits per heavy atom. The lowest BCUT2D eigenvalue weighted by Crippen LogP contribution is -2.34. The average molecular weight is 332 g/mol. The van der Waals surface area contributed by atoms with Crippen molar-refractivity contribution in [1.29, 1.82) is 0 Å². The van der Waals surface area contributed by atoms with E-state index in [0.29, 0.717) is 12.0 Å².